The number of rotatable bonds is 5. The minimum Gasteiger partial charge on any atom is -0.311 e. The van der Waals surface area contributed by atoms with Crippen LogP contribution < -0.4 is 5.32 Å². The fraction of sp³-hybridized carbons (Fsp3) is 0.435. The van der Waals surface area contributed by atoms with Gasteiger partial charge in [-0.1, -0.05) is 31.4 Å². The molecule has 2 heterocycles. The number of benzene rings is 1. The molecule has 1 aliphatic rings. The number of amides is 1. The number of carbonyl (C=O) groups excluding carboxylic acids is 1. The van der Waals surface area contributed by atoms with Crippen LogP contribution in [0.15, 0.2) is 30.5 Å². The zero-order valence-electron chi connectivity index (χ0n) is 17.4. The minimum atomic E-state index is -0.0173. The lowest BCUT2D eigenvalue weighted by atomic mass is 9.96. The number of hydrogen-bond acceptors (Lipinski definition) is 4. The van der Waals surface area contributed by atoms with E-state index in [-0.39, 0.29) is 5.91 Å². The Kier molecular flexibility index (Phi) is 5.81. The number of nitrogens with zero attached hydrogens (tertiary/aromatic N) is 3. The molecule has 0 spiro atoms. The van der Waals surface area contributed by atoms with Gasteiger partial charge in [0.05, 0.1) is 29.4 Å². The van der Waals surface area contributed by atoms with Crippen LogP contribution in [-0.2, 0) is 11.2 Å². The highest BCUT2D eigenvalue weighted by Gasteiger charge is 2.20. The Morgan fingerprint density at radius 2 is 1.93 bits per heavy atom. The van der Waals surface area contributed by atoms with E-state index < -0.39 is 0 Å². The van der Waals surface area contributed by atoms with Crippen molar-refractivity contribution in [2.75, 3.05) is 5.32 Å². The van der Waals surface area contributed by atoms with Crippen LogP contribution in [0, 0.1) is 20.8 Å². The number of aryl methyl sites for hydroxylation is 3. The van der Waals surface area contributed by atoms with Gasteiger partial charge in [-0.15, -0.1) is 11.3 Å². The number of anilines is 1. The predicted molar refractivity (Wildman–Crippen MR) is 118 cm³/mol. The van der Waals surface area contributed by atoms with E-state index in [9.17, 15) is 4.79 Å². The van der Waals surface area contributed by atoms with E-state index in [0.717, 1.165) is 39.8 Å². The van der Waals surface area contributed by atoms with Crippen molar-refractivity contribution < 1.29 is 4.79 Å². The summed E-state index contributed by atoms with van der Waals surface area (Å²) in [5.74, 6) is 0.784. The van der Waals surface area contributed by atoms with Crippen LogP contribution in [0.4, 0.5) is 5.82 Å². The SMILES string of the molecule is Cc1nc(-c2ccc(C)c(C)c2)c(CC(=O)Nc2ccnn2C2CCCCC2)s1. The Labute approximate surface area is 176 Å². The van der Waals surface area contributed by atoms with Crippen molar-refractivity contribution in [3.8, 4) is 11.3 Å². The third-order valence-electron chi connectivity index (χ3n) is 5.76. The standard InChI is InChI=1S/C23H28N4OS/c1-15-9-10-18(13-16(15)2)23-20(29-17(3)25-23)14-22(28)26-21-11-12-24-27(21)19-7-5-4-6-8-19/h9-13,19H,4-8,14H2,1-3H3,(H,26,28). The van der Waals surface area contributed by atoms with Gasteiger partial charge in [-0.05, 0) is 50.8 Å². The van der Waals surface area contributed by atoms with Gasteiger partial charge >= 0.3 is 0 Å². The van der Waals surface area contributed by atoms with E-state index in [1.807, 2.05) is 17.7 Å². The molecule has 2 aromatic heterocycles. The Bertz CT molecular complexity index is 1010. The van der Waals surface area contributed by atoms with Crippen molar-refractivity contribution in [2.45, 2.75) is 65.3 Å². The molecule has 3 aromatic rings. The third-order valence-corrected chi connectivity index (χ3v) is 6.73. The lowest BCUT2D eigenvalue weighted by molar-refractivity contribution is -0.115. The first-order chi connectivity index (χ1) is 14.0. The summed E-state index contributed by atoms with van der Waals surface area (Å²) in [6.45, 7) is 6.21. The van der Waals surface area contributed by atoms with Crippen molar-refractivity contribution in [3.63, 3.8) is 0 Å². The molecule has 4 rings (SSSR count). The minimum absolute atomic E-state index is 0.0173. The molecule has 1 amide bonds. The smallest absolute Gasteiger partial charge is 0.230 e. The Morgan fingerprint density at radius 3 is 2.69 bits per heavy atom. The lowest BCUT2D eigenvalue weighted by Crippen LogP contribution is -2.21. The number of carbonyl (C=O) groups is 1. The van der Waals surface area contributed by atoms with Crippen LogP contribution in [0.5, 0.6) is 0 Å². The molecule has 0 atom stereocenters. The maximum atomic E-state index is 12.9. The third kappa shape index (κ3) is 4.42. The van der Waals surface area contributed by atoms with Crippen LogP contribution in [-0.4, -0.2) is 20.7 Å². The molecule has 6 heteroatoms. The highest BCUT2D eigenvalue weighted by atomic mass is 32.1. The molecular formula is C23H28N4OS. The zero-order chi connectivity index (χ0) is 20.4. The van der Waals surface area contributed by atoms with Gasteiger partial charge in [-0.2, -0.15) is 5.10 Å². The van der Waals surface area contributed by atoms with E-state index in [2.05, 4.69) is 42.5 Å². The van der Waals surface area contributed by atoms with E-state index in [4.69, 9.17) is 4.98 Å². The van der Waals surface area contributed by atoms with Gasteiger partial charge in [0.1, 0.15) is 5.82 Å². The molecule has 1 fully saturated rings. The molecule has 0 radical (unpaired) electrons. The number of nitrogens with one attached hydrogen (secondary N) is 1. The Balaban J connectivity index is 1.51. The summed E-state index contributed by atoms with van der Waals surface area (Å²) in [6, 6.07) is 8.66. The first-order valence-corrected chi connectivity index (χ1v) is 11.2. The van der Waals surface area contributed by atoms with E-state index in [1.165, 1.54) is 30.4 Å². The quantitative estimate of drug-likeness (QED) is 0.596. The molecule has 0 bridgehead atoms. The molecule has 1 aromatic carbocycles. The van der Waals surface area contributed by atoms with Crippen molar-refractivity contribution in [1.29, 1.82) is 0 Å². The second-order valence-electron chi connectivity index (χ2n) is 7.98. The van der Waals surface area contributed by atoms with Gasteiger partial charge < -0.3 is 5.32 Å². The number of thiazole rings is 1. The van der Waals surface area contributed by atoms with Crippen LogP contribution in [0.3, 0.4) is 0 Å². The average Bonchev–Trinajstić information content (AvgIpc) is 3.31. The van der Waals surface area contributed by atoms with Crippen LogP contribution >= 0.6 is 11.3 Å². The predicted octanol–water partition coefficient (Wildman–Crippen LogP) is 5.62. The summed E-state index contributed by atoms with van der Waals surface area (Å²) in [7, 11) is 0. The monoisotopic (exact) mass is 408 g/mol. The van der Waals surface area contributed by atoms with Gasteiger partial charge in [0.15, 0.2) is 0 Å². The van der Waals surface area contributed by atoms with Crippen molar-refractivity contribution in [3.05, 3.63) is 51.5 Å². The highest BCUT2D eigenvalue weighted by Crippen LogP contribution is 2.31. The van der Waals surface area contributed by atoms with Gasteiger partial charge in [0, 0.05) is 16.5 Å². The summed E-state index contributed by atoms with van der Waals surface area (Å²) in [4.78, 5) is 18.6. The first-order valence-electron chi connectivity index (χ1n) is 10.4. The van der Waals surface area contributed by atoms with Crippen molar-refractivity contribution >= 4 is 23.1 Å². The molecule has 152 valence electrons. The second-order valence-corrected chi connectivity index (χ2v) is 9.27. The first kappa shape index (κ1) is 19.8. The molecule has 0 aliphatic heterocycles. The summed E-state index contributed by atoms with van der Waals surface area (Å²) in [6.07, 6.45) is 8.14. The molecular weight excluding hydrogens is 380 g/mol. The number of aromatic nitrogens is 3. The Morgan fingerprint density at radius 1 is 1.14 bits per heavy atom. The zero-order valence-corrected chi connectivity index (χ0v) is 18.2. The fourth-order valence-electron chi connectivity index (χ4n) is 4.07. The summed E-state index contributed by atoms with van der Waals surface area (Å²) >= 11 is 1.60. The highest BCUT2D eigenvalue weighted by molar-refractivity contribution is 7.12. The second kappa shape index (κ2) is 8.49. The van der Waals surface area contributed by atoms with Crippen LogP contribution in [0.1, 0.15) is 59.2 Å². The topological polar surface area (TPSA) is 59.8 Å². The van der Waals surface area contributed by atoms with Crippen molar-refractivity contribution in [2.24, 2.45) is 0 Å². The molecule has 0 saturated heterocycles. The number of hydrogen-bond donors (Lipinski definition) is 1. The molecule has 1 saturated carbocycles. The normalized spacial score (nSPS) is 14.9. The van der Waals surface area contributed by atoms with Crippen molar-refractivity contribution in [1.82, 2.24) is 14.8 Å². The molecule has 0 unspecified atom stereocenters. The average molecular weight is 409 g/mol. The van der Waals surface area contributed by atoms with Gasteiger partial charge in [-0.3, -0.25) is 4.79 Å². The lowest BCUT2D eigenvalue weighted by Gasteiger charge is -2.23. The molecule has 1 N–H and O–H groups in total. The van der Waals surface area contributed by atoms with Crippen LogP contribution in [0.2, 0.25) is 0 Å². The molecule has 1 aliphatic carbocycles. The largest absolute Gasteiger partial charge is 0.311 e. The summed E-state index contributed by atoms with van der Waals surface area (Å²) in [5.41, 5.74) is 4.50. The summed E-state index contributed by atoms with van der Waals surface area (Å²) in [5, 5.41) is 8.54. The fourth-order valence-corrected chi connectivity index (χ4v) is 5.02. The summed E-state index contributed by atoms with van der Waals surface area (Å²) < 4.78 is 2.00. The Hall–Kier alpha value is -2.47. The van der Waals surface area contributed by atoms with E-state index in [1.54, 1.807) is 17.5 Å². The van der Waals surface area contributed by atoms with Gasteiger partial charge in [0.2, 0.25) is 5.91 Å². The van der Waals surface area contributed by atoms with Gasteiger partial charge in [-0.25, -0.2) is 9.67 Å². The van der Waals surface area contributed by atoms with Gasteiger partial charge in [0.25, 0.3) is 0 Å². The molecule has 29 heavy (non-hydrogen) atoms. The van der Waals surface area contributed by atoms with Crippen LogP contribution in [0.25, 0.3) is 11.3 Å². The molecule has 5 nitrogen and oxygen atoms in total. The maximum Gasteiger partial charge on any atom is 0.230 e. The van der Waals surface area contributed by atoms with E-state index >= 15 is 0 Å². The maximum absolute atomic E-state index is 12.9. The van der Waals surface area contributed by atoms with E-state index in [0.29, 0.717) is 12.5 Å².